The second-order valence-corrected chi connectivity index (χ2v) is 8.19. The van der Waals surface area contributed by atoms with Crippen molar-refractivity contribution in [1.29, 1.82) is 0 Å². The molecule has 0 fully saturated rings. The van der Waals surface area contributed by atoms with E-state index in [9.17, 15) is 31.1 Å². The van der Waals surface area contributed by atoms with Crippen LogP contribution >= 0.6 is 27.7 Å². The second kappa shape index (κ2) is 8.62. The molecule has 160 valence electrons. The van der Waals surface area contributed by atoms with E-state index in [1.54, 1.807) is 0 Å². The van der Waals surface area contributed by atoms with Gasteiger partial charge in [-0.2, -0.15) is 26.3 Å². The van der Waals surface area contributed by atoms with Gasteiger partial charge in [0.05, 0.1) is 17.7 Å². The first-order valence-electron chi connectivity index (χ1n) is 8.48. The summed E-state index contributed by atoms with van der Waals surface area (Å²) >= 11 is 4.50. The van der Waals surface area contributed by atoms with Gasteiger partial charge in [-0.05, 0) is 35.9 Å². The van der Waals surface area contributed by atoms with Crippen molar-refractivity contribution in [3.05, 3.63) is 69.2 Å². The van der Waals surface area contributed by atoms with Crippen molar-refractivity contribution in [2.75, 3.05) is 13.1 Å². The summed E-state index contributed by atoms with van der Waals surface area (Å²) in [4.78, 5) is 18.0. The largest absolute Gasteiger partial charge is 0.416 e. The minimum absolute atomic E-state index is 0.00194. The van der Waals surface area contributed by atoms with Crippen LogP contribution in [0.25, 0.3) is 0 Å². The van der Waals surface area contributed by atoms with E-state index in [2.05, 4.69) is 20.9 Å². The summed E-state index contributed by atoms with van der Waals surface area (Å²) in [6.07, 6.45) is -10.0. The van der Waals surface area contributed by atoms with Crippen molar-refractivity contribution in [3.8, 4) is 0 Å². The monoisotopic (exact) mass is 510 g/mol. The van der Waals surface area contributed by atoms with Crippen LogP contribution in [0.1, 0.15) is 27.0 Å². The molecule has 2 aromatic rings. The van der Waals surface area contributed by atoms with E-state index in [-0.39, 0.29) is 24.3 Å². The fourth-order valence-electron chi connectivity index (χ4n) is 2.70. The number of amidine groups is 1. The predicted molar refractivity (Wildman–Crippen MR) is 105 cm³/mol. The Balaban J connectivity index is 1.84. The number of hydrogen-bond donors (Lipinski definition) is 0. The predicted octanol–water partition coefficient (Wildman–Crippen LogP) is 6.23. The van der Waals surface area contributed by atoms with E-state index in [0.29, 0.717) is 17.9 Å². The van der Waals surface area contributed by atoms with Crippen molar-refractivity contribution in [1.82, 2.24) is 4.90 Å². The lowest BCUT2D eigenvalue weighted by Gasteiger charge is -2.20. The van der Waals surface area contributed by atoms with Crippen LogP contribution in [0, 0.1) is 0 Å². The number of rotatable bonds is 3. The van der Waals surface area contributed by atoms with Gasteiger partial charge in [-0.15, -0.1) is 0 Å². The van der Waals surface area contributed by atoms with Gasteiger partial charge >= 0.3 is 12.4 Å². The molecule has 1 aliphatic rings. The highest BCUT2D eigenvalue weighted by Crippen LogP contribution is 2.37. The lowest BCUT2D eigenvalue weighted by molar-refractivity contribution is -0.143. The first-order valence-corrected chi connectivity index (χ1v) is 10.3. The van der Waals surface area contributed by atoms with Crippen molar-refractivity contribution in [2.45, 2.75) is 18.1 Å². The van der Waals surface area contributed by atoms with Crippen LogP contribution in [-0.4, -0.2) is 29.1 Å². The number of carbonyl (C=O) groups excluding carboxylic acids is 1. The standard InChI is InChI=1S/C19H13BrF6N2OS/c20-15-3-1-11(2-4-15)10-30-17-27-5-6-28(17)16(29)12-7-13(18(21,22)23)9-14(8-12)19(24,25)26/h1-4,7-9H,5-6,10H2. The molecule has 3 nitrogen and oxygen atoms in total. The van der Waals surface area contributed by atoms with Crippen molar-refractivity contribution < 1.29 is 31.1 Å². The number of carbonyl (C=O) groups is 1. The first-order chi connectivity index (χ1) is 13.9. The SMILES string of the molecule is O=C(c1cc(C(F)(F)F)cc(C(F)(F)F)c1)N1CCN=C1SCc1ccc(Br)cc1. The van der Waals surface area contributed by atoms with E-state index in [1.165, 1.54) is 11.8 Å². The normalized spacial score (nSPS) is 14.8. The Morgan fingerprint density at radius 1 is 1.00 bits per heavy atom. The van der Waals surface area contributed by atoms with Crippen molar-refractivity contribution in [2.24, 2.45) is 4.99 Å². The smallest absolute Gasteiger partial charge is 0.286 e. The average Bonchev–Trinajstić information content (AvgIpc) is 3.14. The van der Waals surface area contributed by atoms with E-state index in [4.69, 9.17) is 0 Å². The van der Waals surface area contributed by atoms with E-state index >= 15 is 0 Å². The average molecular weight is 511 g/mol. The minimum Gasteiger partial charge on any atom is -0.286 e. The molecule has 0 aliphatic carbocycles. The molecular formula is C19H13BrF6N2OS. The molecule has 1 amide bonds. The van der Waals surface area contributed by atoms with Gasteiger partial charge in [0.25, 0.3) is 5.91 Å². The van der Waals surface area contributed by atoms with Crippen LogP contribution in [0.3, 0.4) is 0 Å². The van der Waals surface area contributed by atoms with Gasteiger partial charge in [-0.1, -0.05) is 39.8 Å². The summed E-state index contributed by atoms with van der Waals surface area (Å²) in [5.74, 6) is -0.516. The molecule has 0 bridgehead atoms. The Morgan fingerprint density at radius 2 is 1.57 bits per heavy atom. The fourth-order valence-corrected chi connectivity index (χ4v) is 3.97. The van der Waals surface area contributed by atoms with Crippen LogP contribution in [0.2, 0.25) is 0 Å². The maximum absolute atomic E-state index is 13.1. The molecule has 0 atom stereocenters. The number of thioether (sulfide) groups is 1. The summed E-state index contributed by atoms with van der Waals surface area (Å²) in [7, 11) is 0. The molecule has 0 saturated heterocycles. The maximum Gasteiger partial charge on any atom is 0.416 e. The van der Waals surface area contributed by atoms with Crippen LogP contribution in [-0.2, 0) is 18.1 Å². The van der Waals surface area contributed by atoms with Crippen LogP contribution in [0.4, 0.5) is 26.3 Å². The van der Waals surface area contributed by atoms with Gasteiger partial charge in [0, 0.05) is 22.3 Å². The Kier molecular flexibility index (Phi) is 6.51. The van der Waals surface area contributed by atoms with E-state index in [1.807, 2.05) is 24.3 Å². The summed E-state index contributed by atoms with van der Waals surface area (Å²) < 4.78 is 79.3. The molecule has 0 N–H and O–H groups in total. The Labute approximate surface area is 180 Å². The zero-order valence-corrected chi connectivity index (χ0v) is 17.4. The van der Waals surface area contributed by atoms with Crippen LogP contribution in [0.15, 0.2) is 51.9 Å². The molecule has 2 aromatic carbocycles. The Bertz CT molecular complexity index is 940. The molecule has 0 aromatic heterocycles. The molecular weight excluding hydrogens is 498 g/mol. The highest BCUT2D eigenvalue weighted by molar-refractivity contribution is 9.10. The van der Waals surface area contributed by atoms with Gasteiger partial charge in [0.15, 0.2) is 5.17 Å². The Morgan fingerprint density at radius 3 is 2.10 bits per heavy atom. The summed E-state index contributed by atoms with van der Waals surface area (Å²) in [5.41, 5.74) is -2.82. The van der Waals surface area contributed by atoms with Crippen LogP contribution in [0.5, 0.6) is 0 Å². The molecule has 3 rings (SSSR count). The molecule has 1 heterocycles. The minimum atomic E-state index is -5.02. The van der Waals surface area contributed by atoms with Crippen molar-refractivity contribution >= 4 is 38.8 Å². The van der Waals surface area contributed by atoms with E-state index in [0.717, 1.165) is 14.9 Å². The molecule has 1 aliphatic heterocycles. The maximum atomic E-state index is 13.1. The third-order valence-corrected chi connectivity index (χ3v) is 5.78. The van der Waals surface area contributed by atoms with Crippen LogP contribution < -0.4 is 0 Å². The third-order valence-electron chi connectivity index (χ3n) is 4.16. The first kappa shape index (κ1) is 22.7. The number of benzene rings is 2. The second-order valence-electron chi connectivity index (χ2n) is 6.33. The van der Waals surface area contributed by atoms with E-state index < -0.39 is 35.0 Å². The van der Waals surface area contributed by atoms with Gasteiger partial charge in [0.1, 0.15) is 0 Å². The number of hydrogen-bond acceptors (Lipinski definition) is 3. The number of alkyl halides is 6. The van der Waals surface area contributed by atoms with Gasteiger partial charge in [-0.3, -0.25) is 14.7 Å². The zero-order valence-electron chi connectivity index (χ0n) is 15.0. The molecule has 30 heavy (non-hydrogen) atoms. The summed E-state index contributed by atoms with van der Waals surface area (Å²) in [5, 5.41) is 0.258. The summed E-state index contributed by atoms with van der Waals surface area (Å²) in [6, 6.07) is 8.23. The molecule has 0 radical (unpaired) electrons. The Hall–Kier alpha value is -2.01. The molecule has 0 unspecified atom stereocenters. The van der Waals surface area contributed by atoms with Gasteiger partial charge < -0.3 is 0 Å². The number of halogens is 7. The number of amides is 1. The third kappa shape index (κ3) is 5.37. The molecule has 0 spiro atoms. The number of nitrogens with zero attached hydrogens (tertiary/aromatic N) is 2. The van der Waals surface area contributed by atoms with Crippen molar-refractivity contribution in [3.63, 3.8) is 0 Å². The molecule has 11 heteroatoms. The summed E-state index contributed by atoms with van der Waals surface area (Å²) in [6.45, 7) is 0.304. The topological polar surface area (TPSA) is 32.7 Å². The molecule has 0 saturated carbocycles. The lowest BCUT2D eigenvalue weighted by atomic mass is 10.0. The zero-order chi connectivity index (χ0) is 22.1. The lowest BCUT2D eigenvalue weighted by Crippen LogP contribution is -2.33. The highest BCUT2D eigenvalue weighted by Gasteiger charge is 2.38. The van der Waals surface area contributed by atoms with Gasteiger partial charge in [0.2, 0.25) is 0 Å². The number of aliphatic imine (C=N–C) groups is 1. The quantitative estimate of drug-likeness (QED) is 0.458. The van der Waals surface area contributed by atoms with Gasteiger partial charge in [-0.25, -0.2) is 0 Å². The fraction of sp³-hybridized carbons (Fsp3) is 0.263. The highest BCUT2D eigenvalue weighted by atomic mass is 79.9.